The third-order valence-corrected chi connectivity index (χ3v) is 5.47. The highest BCUT2D eigenvalue weighted by molar-refractivity contribution is 7.13. The molecule has 9 heteroatoms. The van der Waals surface area contributed by atoms with Gasteiger partial charge in [0, 0.05) is 16.6 Å². The molecule has 3 aromatic carbocycles. The van der Waals surface area contributed by atoms with Crippen molar-refractivity contribution in [1.29, 1.82) is 0 Å². The number of amides is 1. The van der Waals surface area contributed by atoms with E-state index < -0.39 is 17.6 Å². The molecule has 4 aromatic rings. The molecule has 33 heavy (non-hydrogen) atoms. The zero-order valence-corrected chi connectivity index (χ0v) is 17.7. The molecule has 4 nitrogen and oxygen atoms in total. The quantitative estimate of drug-likeness (QED) is 0.314. The maximum absolute atomic E-state index is 13.2. The highest BCUT2D eigenvalue weighted by atomic mass is 32.1. The van der Waals surface area contributed by atoms with E-state index in [1.807, 2.05) is 0 Å². The number of carbonyl (C=O) groups excluding carboxylic acids is 1. The predicted octanol–water partition coefficient (Wildman–Crippen LogP) is 6.80. The van der Waals surface area contributed by atoms with Gasteiger partial charge in [0.25, 0.3) is 5.91 Å². The Morgan fingerprint density at radius 2 is 1.76 bits per heavy atom. The predicted molar refractivity (Wildman–Crippen MR) is 118 cm³/mol. The number of anilines is 1. The molecule has 0 aliphatic carbocycles. The van der Waals surface area contributed by atoms with Crippen molar-refractivity contribution in [2.75, 3.05) is 5.32 Å². The monoisotopic (exact) mass is 472 g/mol. The molecule has 0 aliphatic rings. The van der Waals surface area contributed by atoms with E-state index in [2.05, 4.69) is 10.3 Å². The molecule has 168 valence electrons. The fourth-order valence-electron chi connectivity index (χ4n) is 2.97. The summed E-state index contributed by atoms with van der Waals surface area (Å²) in [5.74, 6) is -0.350. The Morgan fingerprint density at radius 1 is 1.00 bits per heavy atom. The summed E-state index contributed by atoms with van der Waals surface area (Å²) in [7, 11) is 0. The summed E-state index contributed by atoms with van der Waals surface area (Å²) in [5.41, 5.74) is 0.730. The summed E-state index contributed by atoms with van der Waals surface area (Å²) < 4.78 is 57.5. The van der Waals surface area contributed by atoms with Crippen LogP contribution in [0.25, 0.3) is 10.6 Å². The highest BCUT2D eigenvalue weighted by Crippen LogP contribution is 2.31. The van der Waals surface area contributed by atoms with E-state index >= 15 is 0 Å². The first-order chi connectivity index (χ1) is 15.8. The molecule has 0 radical (unpaired) electrons. The van der Waals surface area contributed by atoms with Gasteiger partial charge in [-0.05, 0) is 60.2 Å². The van der Waals surface area contributed by atoms with E-state index in [1.54, 1.807) is 36.4 Å². The van der Waals surface area contributed by atoms with Gasteiger partial charge in [0.2, 0.25) is 0 Å². The van der Waals surface area contributed by atoms with Crippen molar-refractivity contribution in [3.8, 4) is 16.3 Å². The average Bonchev–Trinajstić information content (AvgIpc) is 3.28. The van der Waals surface area contributed by atoms with Gasteiger partial charge >= 0.3 is 6.18 Å². The Labute approximate surface area is 190 Å². The number of hydrogen-bond donors (Lipinski definition) is 1. The van der Waals surface area contributed by atoms with Crippen LogP contribution in [-0.4, -0.2) is 10.9 Å². The van der Waals surface area contributed by atoms with Crippen LogP contribution in [0.4, 0.5) is 23.2 Å². The van der Waals surface area contributed by atoms with Crippen molar-refractivity contribution in [3.63, 3.8) is 0 Å². The molecule has 0 unspecified atom stereocenters. The van der Waals surface area contributed by atoms with Gasteiger partial charge in [0.05, 0.1) is 5.56 Å². The molecule has 0 saturated heterocycles. The van der Waals surface area contributed by atoms with Crippen molar-refractivity contribution in [2.45, 2.75) is 12.8 Å². The first kappa shape index (κ1) is 22.5. The number of nitrogens with one attached hydrogen (secondary N) is 1. The van der Waals surface area contributed by atoms with E-state index in [-0.39, 0.29) is 23.8 Å². The topological polar surface area (TPSA) is 51.2 Å². The standard InChI is InChI=1S/C24H16F4N2O2S/c25-18-5-1-3-15(11-18)13-32-20-9-7-16(8-10-20)23-30-21(14-33-23)22(31)29-19-6-2-4-17(12-19)24(26,27)28/h1-12,14H,13H2,(H,29,31). The zero-order valence-electron chi connectivity index (χ0n) is 16.9. The number of thiazole rings is 1. The molecule has 1 heterocycles. The number of aromatic nitrogens is 1. The third-order valence-electron chi connectivity index (χ3n) is 4.58. The number of ether oxygens (including phenoxy) is 1. The summed E-state index contributed by atoms with van der Waals surface area (Å²) in [6.07, 6.45) is -4.50. The van der Waals surface area contributed by atoms with Crippen LogP contribution in [0.5, 0.6) is 5.75 Å². The molecule has 0 aliphatic heterocycles. The van der Waals surface area contributed by atoms with Crippen LogP contribution in [0, 0.1) is 5.82 Å². The van der Waals surface area contributed by atoms with Crippen molar-refractivity contribution < 1.29 is 27.1 Å². The van der Waals surface area contributed by atoms with E-state index in [4.69, 9.17) is 4.74 Å². The number of alkyl halides is 3. The van der Waals surface area contributed by atoms with Crippen molar-refractivity contribution >= 4 is 22.9 Å². The number of nitrogens with zero attached hydrogens (tertiary/aromatic N) is 1. The second-order valence-electron chi connectivity index (χ2n) is 7.01. The number of carbonyl (C=O) groups is 1. The first-order valence-electron chi connectivity index (χ1n) is 9.70. The largest absolute Gasteiger partial charge is 0.489 e. The van der Waals surface area contributed by atoms with Crippen LogP contribution in [-0.2, 0) is 12.8 Å². The lowest BCUT2D eigenvalue weighted by Crippen LogP contribution is -2.13. The lowest BCUT2D eigenvalue weighted by atomic mass is 10.2. The van der Waals surface area contributed by atoms with Crippen molar-refractivity contribution in [1.82, 2.24) is 4.98 Å². The first-order valence-corrected chi connectivity index (χ1v) is 10.6. The van der Waals surface area contributed by atoms with Gasteiger partial charge in [0.1, 0.15) is 28.9 Å². The Kier molecular flexibility index (Phi) is 6.41. The lowest BCUT2D eigenvalue weighted by molar-refractivity contribution is -0.137. The molecule has 1 N–H and O–H groups in total. The Hall–Kier alpha value is -3.72. The second-order valence-corrected chi connectivity index (χ2v) is 7.87. The van der Waals surface area contributed by atoms with Crippen LogP contribution in [0.3, 0.4) is 0 Å². The van der Waals surface area contributed by atoms with E-state index in [9.17, 15) is 22.4 Å². The van der Waals surface area contributed by atoms with Gasteiger partial charge in [-0.15, -0.1) is 11.3 Å². The summed E-state index contributed by atoms with van der Waals surface area (Å²) in [6, 6.07) is 17.6. The van der Waals surface area contributed by atoms with E-state index in [0.29, 0.717) is 16.3 Å². The number of halogens is 4. The maximum atomic E-state index is 13.2. The fourth-order valence-corrected chi connectivity index (χ4v) is 3.77. The van der Waals surface area contributed by atoms with Gasteiger partial charge < -0.3 is 10.1 Å². The van der Waals surface area contributed by atoms with Gasteiger partial charge in [-0.25, -0.2) is 9.37 Å². The lowest BCUT2D eigenvalue weighted by Gasteiger charge is -2.09. The SMILES string of the molecule is O=C(Nc1cccc(C(F)(F)F)c1)c1csc(-c2ccc(OCc3cccc(F)c3)cc2)n1. The smallest absolute Gasteiger partial charge is 0.416 e. The van der Waals surface area contributed by atoms with Crippen molar-refractivity contribution in [3.05, 3.63) is 101 Å². The molecule has 0 fully saturated rings. The van der Waals surface area contributed by atoms with E-state index in [0.717, 1.165) is 17.7 Å². The van der Waals surface area contributed by atoms with Crippen LogP contribution in [0.15, 0.2) is 78.2 Å². The number of rotatable bonds is 6. The van der Waals surface area contributed by atoms with Gasteiger partial charge in [-0.1, -0.05) is 18.2 Å². The molecular weight excluding hydrogens is 456 g/mol. The van der Waals surface area contributed by atoms with Crippen LogP contribution >= 0.6 is 11.3 Å². The molecule has 1 aromatic heterocycles. The second kappa shape index (κ2) is 9.41. The maximum Gasteiger partial charge on any atom is 0.416 e. The average molecular weight is 472 g/mol. The molecule has 4 rings (SSSR count). The molecule has 0 bridgehead atoms. The highest BCUT2D eigenvalue weighted by Gasteiger charge is 2.30. The molecule has 0 atom stereocenters. The van der Waals surface area contributed by atoms with Crippen LogP contribution < -0.4 is 10.1 Å². The van der Waals surface area contributed by atoms with Gasteiger partial charge in [-0.2, -0.15) is 13.2 Å². The minimum atomic E-state index is -4.50. The normalized spacial score (nSPS) is 11.3. The van der Waals surface area contributed by atoms with E-state index in [1.165, 1.54) is 41.0 Å². The summed E-state index contributed by atoms with van der Waals surface area (Å²) >= 11 is 1.23. The van der Waals surface area contributed by atoms with Crippen molar-refractivity contribution in [2.24, 2.45) is 0 Å². The Morgan fingerprint density at radius 3 is 2.48 bits per heavy atom. The van der Waals surface area contributed by atoms with Crippen LogP contribution in [0.1, 0.15) is 21.6 Å². The Balaban J connectivity index is 1.40. The van der Waals surface area contributed by atoms with Gasteiger partial charge in [0.15, 0.2) is 0 Å². The summed E-state index contributed by atoms with van der Waals surface area (Å²) in [5, 5.41) is 4.54. The fraction of sp³-hybridized carbons (Fsp3) is 0.0833. The minimum absolute atomic E-state index is 0.0316. The molecular formula is C24H16F4N2O2S. The van der Waals surface area contributed by atoms with Gasteiger partial charge in [-0.3, -0.25) is 4.79 Å². The summed E-state index contributed by atoms with van der Waals surface area (Å²) in [4.78, 5) is 16.7. The molecule has 1 amide bonds. The summed E-state index contributed by atoms with van der Waals surface area (Å²) in [6.45, 7) is 0.216. The molecule has 0 saturated carbocycles. The minimum Gasteiger partial charge on any atom is -0.489 e. The zero-order chi connectivity index (χ0) is 23.4. The van der Waals surface area contributed by atoms with Crippen LogP contribution in [0.2, 0.25) is 0 Å². The number of hydrogen-bond acceptors (Lipinski definition) is 4. The third kappa shape index (κ3) is 5.75. The molecule has 0 spiro atoms. The number of benzene rings is 3. The Bertz CT molecular complexity index is 1270.